The van der Waals surface area contributed by atoms with E-state index in [0.29, 0.717) is 46.8 Å². The summed E-state index contributed by atoms with van der Waals surface area (Å²) in [6.45, 7) is 10.1. The quantitative estimate of drug-likeness (QED) is 0.266. The largest absolute Gasteiger partial charge is 0.393 e. The third kappa shape index (κ3) is 3.57. The second-order valence-electron chi connectivity index (χ2n) is 18.8. The molecule has 17 atom stereocenters. The smallest absolute Gasteiger partial charge is 0.0738 e. The second-order valence-corrected chi connectivity index (χ2v) is 18.8. The van der Waals surface area contributed by atoms with Crippen LogP contribution in [0.15, 0.2) is 0 Å². The summed E-state index contributed by atoms with van der Waals surface area (Å²) in [5, 5.41) is 46.4. The Bertz CT molecular complexity index is 1080. The standard InChI is InChI=1S/C38H62O4/c1-34-15-11-24(39)19-22(34)5-7-26-29(34)13-17-36(3)30(26)14-18-38(36,42)32-21-25(40)20-23-6-8-27-28-9-10-33(41)35(28,2)16-12-31(27)37(23,32)4/h22-33,39-42H,5-21H2,1-4H3/t22?,23?,24?,25?,26-,27+,28+,29-,30+,31-,32?,33?,34+,35+,36+,37+,38?/m1/s1. The van der Waals surface area contributed by atoms with E-state index in [2.05, 4.69) is 27.7 Å². The summed E-state index contributed by atoms with van der Waals surface area (Å²) in [7, 11) is 0. The van der Waals surface area contributed by atoms with Crippen LogP contribution in [0.25, 0.3) is 0 Å². The van der Waals surface area contributed by atoms with Crippen molar-refractivity contribution in [2.75, 3.05) is 0 Å². The fourth-order valence-corrected chi connectivity index (χ4v) is 15.9. The van der Waals surface area contributed by atoms with Crippen molar-refractivity contribution in [2.45, 2.75) is 161 Å². The third-order valence-electron chi connectivity index (χ3n) is 18.2. The molecule has 0 spiro atoms. The lowest BCUT2D eigenvalue weighted by atomic mass is 9.38. The molecule has 8 aliphatic rings. The Morgan fingerprint density at radius 2 is 1.12 bits per heavy atom. The molecule has 8 rings (SSSR count). The van der Waals surface area contributed by atoms with Crippen molar-refractivity contribution in [1.82, 2.24) is 0 Å². The summed E-state index contributed by atoms with van der Waals surface area (Å²) in [5.74, 6) is 5.30. The molecule has 4 N–H and O–H groups in total. The maximum atomic E-state index is 13.4. The Kier molecular flexibility index (Phi) is 6.58. The molecule has 0 amide bonds. The zero-order chi connectivity index (χ0) is 29.4. The van der Waals surface area contributed by atoms with Gasteiger partial charge in [0.15, 0.2) is 0 Å². The molecule has 0 aromatic heterocycles. The first kappa shape index (κ1) is 29.3. The summed E-state index contributed by atoms with van der Waals surface area (Å²) in [4.78, 5) is 0. The van der Waals surface area contributed by atoms with Gasteiger partial charge in [-0.15, -0.1) is 0 Å². The van der Waals surface area contributed by atoms with Gasteiger partial charge in [-0.2, -0.15) is 0 Å². The minimum Gasteiger partial charge on any atom is -0.393 e. The Labute approximate surface area is 255 Å². The number of fused-ring (bicyclic) bond motifs is 10. The molecule has 8 saturated carbocycles. The zero-order valence-corrected chi connectivity index (χ0v) is 27.2. The topological polar surface area (TPSA) is 80.9 Å². The predicted molar refractivity (Wildman–Crippen MR) is 165 cm³/mol. The maximum Gasteiger partial charge on any atom is 0.0738 e. The lowest BCUT2D eigenvalue weighted by Crippen LogP contribution is -2.66. The molecule has 0 heterocycles. The van der Waals surface area contributed by atoms with E-state index in [1.807, 2.05) is 0 Å². The number of rotatable bonds is 1. The van der Waals surface area contributed by atoms with Gasteiger partial charge in [0.1, 0.15) is 0 Å². The average Bonchev–Trinajstić information content (AvgIpc) is 3.41. The molecular formula is C38H62O4. The van der Waals surface area contributed by atoms with E-state index in [0.717, 1.165) is 63.7 Å². The lowest BCUT2D eigenvalue weighted by molar-refractivity contribution is -0.244. The van der Waals surface area contributed by atoms with Crippen LogP contribution in [-0.4, -0.2) is 44.3 Å². The van der Waals surface area contributed by atoms with Gasteiger partial charge in [-0.1, -0.05) is 27.7 Å². The van der Waals surface area contributed by atoms with Crippen LogP contribution in [0.5, 0.6) is 0 Å². The molecule has 0 saturated heterocycles. The van der Waals surface area contributed by atoms with E-state index in [1.54, 1.807) is 0 Å². The van der Waals surface area contributed by atoms with Crippen LogP contribution >= 0.6 is 0 Å². The van der Waals surface area contributed by atoms with Gasteiger partial charge in [0.05, 0.1) is 23.9 Å². The maximum absolute atomic E-state index is 13.4. The molecule has 8 fully saturated rings. The Balaban J connectivity index is 1.13. The van der Waals surface area contributed by atoms with Crippen molar-refractivity contribution in [2.24, 2.45) is 74.9 Å². The van der Waals surface area contributed by atoms with Crippen LogP contribution in [0.3, 0.4) is 0 Å². The van der Waals surface area contributed by atoms with Gasteiger partial charge >= 0.3 is 0 Å². The second kappa shape index (κ2) is 9.45. The van der Waals surface area contributed by atoms with Crippen molar-refractivity contribution in [3.63, 3.8) is 0 Å². The molecule has 8 aliphatic carbocycles. The molecule has 0 bridgehead atoms. The van der Waals surface area contributed by atoms with E-state index in [-0.39, 0.29) is 40.5 Å². The average molecular weight is 583 g/mol. The van der Waals surface area contributed by atoms with Gasteiger partial charge in [0, 0.05) is 0 Å². The molecule has 0 aromatic rings. The number of aliphatic hydroxyl groups is 4. The molecule has 0 radical (unpaired) electrons. The van der Waals surface area contributed by atoms with Gasteiger partial charge in [-0.3, -0.25) is 0 Å². The molecular weight excluding hydrogens is 520 g/mol. The summed E-state index contributed by atoms with van der Waals surface area (Å²) in [6, 6.07) is 0. The highest BCUT2D eigenvalue weighted by atomic mass is 16.3. The fraction of sp³-hybridized carbons (Fsp3) is 1.00. The summed E-state index contributed by atoms with van der Waals surface area (Å²) in [5.41, 5.74) is -0.253. The molecule has 7 unspecified atom stereocenters. The van der Waals surface area contributed by atoms with Crippen LogP contribution < -0.4 is 0 Å². The minimum absolute atomic E-state index is 0.0689. The monoisotopic (exact) mass is 582 g/mol. The normalized spacial score (nSPS) is 64.0. The van der Waals surface area contributed by atoms with Crippen LogP contribution in [0.4, 0.5) is 0 Å². The molecule has 4 heteroatoms. The first-order valence-electron chi connectivity index (χ1n) is 18.6. The summed E-state index contributed by atoms with van der Waals surface area (Å²) >= 11 is 0. The first-order chi connectivity index (χ1) is 19.9. The molecule has 0 aromatic carbocycles. The van der Waals surface area contributed by atoms with Crippen molar-refractivity contribution in [1.29, 1.82) is 0 Å². The highest BCUT2D eigenvalue weighted by Crippen LogP contribution is 2.75. The van der Waals surface area contributed by atoms with Gasteiger partial charge < -0.3 is 20.4 Å². The first-order valence-corrected chi connectivity index (χ1v) is 18.6. The SMILES string of the molecule is C[C@]12C(CC[C@@H]3[C@H]1CC[C@]1(C)C(O)CC[C@@H]31)CC(O)CC2C1(O)CC[C@H]2[C@@H]3CCC4CC(O)CC[C@]4(C)[C@@H]3CC[C@@]21C. The van der Waals surface area contributed by atoms with Crippen molar-refractivity contribution >= 4 is 0 Å². The predicted octanol–water partition coefficient (Wildman–Crippen LogP) is 7.11. The number of hydrogen-bond donors (Lipinski definition) is 4. The van der Waals surface area contributed by atoms with E-state index in [9.17, 15) is 20.4 Å². The number of aliphatic hydroxyl groups excluding tert-OH is 3. The Hall–Kier alpha value is -0.160. The van der Waals surface area contributed by atoms with E-state index >= 15 is 0 Å². The van der Waals surface area contributed by atoms with Crippen molar-refractivity contribution < 1.29 is 20.4 Å². The molecule has 42 heavy (non-hydrogen) atoms. The Morgan fingerprint density at radius 3 is 1.90 bits per heavy atom. The highest BCUT2D eigenvalue weighted by Gasteiger charge is 2.72. The highest BCUT2D eigenvalue weighted by molar-refractivity contribution is 5.21. The van der Waals surface area contributed by atoms with Gasteiger partial charge in [0.2, 0.25) is 0 Å². The van der Waals surface area contributed by atoms with E-state index in [1.165, 1.54) is 51.4 Å². The third-order valence-corrected chi connectivity index (χ3v) is 18.2. The van der Waals surface area contributed by atoms with Gasteiger partial charge in [-0.05, 0) is 184 Å². The molecule has 0 aliphatic heterocycles. The van der Waals surface area contributed by atoms with Crippen LogP contribution in [0, 0.1) is 74.9 Å². The van der Waals surface area contributed by atoms with Gasteiger partial charge in [0.25, 0.3) is 0 Å². The van der Waals surface area contributed by atoms with Crippen LogP contribution in [-0.2, 0) is 0 Å². The van der Waals surface area contributed by atoms with Crippen LogP contribution in [0.2, 0.25) is 0 Å². The van der Waals surface area contributed by atoms with Crippen molar-refractivity contribution in [3.05, 3.63) is 0 Å². The molecule has 4 nitrogen and oxygen atoms in total. The zero-order valence-electron chi connectivity index (χ0n) is 27.2. The minimum atomic E-state index is -0.699. The van der Waals surface area contributed by atoms with Gasteiger partial charge in [-0.25, -0.2) is 0 Å². The lowest BCUT2D eigenvalue weighted by Gasteiger charge is -2.68. The molecule has 238 valence electrons. The number of hydrogen-bond acceptors (Lipinski definition) is 4. The fourth-order valence-electron chi connectivity index (χ4n) is 15.9. The van der Waals surface area contributed by atoms with Crippen molar-refractivity contribution in [3.8, 4) is 0 Å². The van der Waals surface area contributed by atoms with E-state index < -0.39 is 5.60 Å². The summed E-state index contributed by atoms with van der Waals surface area (Å²) < 4.78 is 0. The van der Waals surface area contributed by atoms with E-state index in [4.69, 9.17) is 0 Å². The van der Waals surface area contributed by atoms with Crippen LogP contribution in [0.1, 0.15) is 137 Å². The summed E-state index contributed by atoms with van der Waals surface area (Å²) in [6.07, 6.45) is 18.3. The Morgan fingerprint density at radius 1 is 0.500 bits per heavy atom.